The number of benzene rings is 1. The predicted octanol–water partition coefficient (Wildman–Crippen LogP) is 3.87. The average molecular weight is 380 g/mol. The number of carboxylic acids is 1. The van der Waals surface area contributed by atoms with Crippen molar-refractivity contribution in [1.29, 1.82) is 0 Å². The van der Waals surface area contributed by atoms with Crippen molar-refractivity contribution < 1.29 is 19.4 Å². The molecule has 2 heterocycles. The molecule has 3 rings (SSSR count). The molecule has 1 aromatic carbocycles. The van der Waals surface area contributed by atoms with Gasteiger partial charge in [0.05, 0.1) is 12.3 Å². The lowest BCUT2D eigenvalue weighted by Gasteiger charge is -2.09. The van der Waals surface area contributed by atoms with Gasteiger partial charge in [0.2, 0.25) is 0 Å². The Morgan fingerprint density at radius 2 is 1.75 bits per heavy atom. The molecule has 0 unspecified atom stereocenters. The fourth-order valence-corrected chi connectivity index (χ4v) is 3.41. The summed E-state index contributed by atoms with van der Waals surface area (Å²) in [5.74, 6) is -0.157. The number of ether oxygens (including phenoxy) is 1. The van der Waals surface area contributed by atoms with Gasteiger partial charge in [0.25, 0.3) is 0 Å². The van der Waals surface area contributed by atoms with Gasteiger partial charge < -0.3 is 9.84 Å². The maximum atomic E-state index is 13.0. The third-order valence-electron chi connectivity index (χ3n) is 4.70. The third kappa shape index (κ3) is 4.22. The Morgan fingerprint density at radius 3 is 2.39 bits per heavy atom. The van der Waals surface area contributed by atoms with Crippen molar-refractivity contribution in [3.63, 3.8) is 0 Å². The zero-order valence-corrected chi connectivity index (χ0v) is 16.1. The van der Waals surface area contributed by atoms with E-state index in [-0.39, 0.29) is 12.2 Å². The van der Waals surface area contributed by atoms with Crippen molar-refractivity contribution >= 4 is 17.4 Å². The van der Waals surface area contributed by atoms with E-state index in [1.54, 1.807) is 4.40 Å². The third-order valence-corrected chi connectivity index (χ3v) is 4.70. The molecule has 0 aliphatic rings. The molecule has 6 nitrogen and oxygen atoms in total. The number of hydrogen-bond donors (Lipinski definition) is 1. The summed E-state index contributed by atoms with van der Waals surface area (Å²) in [7, 11) is 0. The van der Waals surface area contributed by atoms with Crippen LogP contribution in [0.15, 0.2) is 42.6 Å². The number of aliphatic carboxylic acids is 1. The second-order valence-electron chi connectivity index (χ2n) is 6.63. The van der Waals surface area contributed by atoms with Crippen LogP contribution in [0.25, 0.3) is 5.65 Å². The van der Waals surface area contributed by atoms with Gasteiger partial charge in [0.1, 0.15) is 5.69 Å². The normalized spacial score (nSPS) is 10.9. The molecule has 0 saturated heterocycles. The van der Waals surface area contributed by atoms with E-state index in [2.05, 4.69) is 4.98 Å². The largest absolute Gasteiger partial charge is 0.490 e. The highest BCUT2D eigenvalue weighted by Gasteiger charge is 2.19. The number of aryl methyl sites for hydroxylation is 3. The van der Waals surface area contributed by atoms with E-state index in [0.29, 0.717) is 48.7 Å². The van der Waals surface area contributed by atoms with Crippen molar-refractivity contribution in [3.8, 4) is 5.75 Å². The van der Waals surface area contributed by atoms with E-state index in [0.717, 1.165) is 11.1 Å². The monoisotopic (exact) mass is 380 g/mol. The summed E-state index contributed by atoms with van der Waals surface area (Å²) in [6.45, 7) is 4.27. The lowest BCUT2D eigenvalue weighted by Crippen LogP contribution is -2.08. The first kappa shape index (κ1) is 19.6. The molecule has 0 amide bonds. The van der Waals surface area contributed by atoms with Gasteiger partial charge in [-0.3, -0.25) is 14.0 Å². The second-order valence-corrected chi connectivity index (χ2v) is 6.63. The minimum absolute atomic E-state index is 0.00619. The fraction of sp³-hybridized carbons (Fsp3) is 0.318. The van der Waals surface area contributed by atoms with Gasteiger partial charge >= 0.3 is 5.97 Å². The zero-order chi connectivity index (χ0) is 20.1. The minimum atomic E-state index is -0.822. The van der Waals surface area contributed by atoms with Crippen LogP contribution < -0.4 is 4.74 Å². The second kappa shape index (κ2) is 8.69. The maximum Gasteiger partial charge on any atom is 0.303 e. The first-order valence-corrected chi connectivity index (χ1v) is 9.43. The van der Waals surface area contributed by atoms with Gasteiger partial charge in [0.15, 0.2) is 17.2 Å². The number of hydrogen-bond acceptors (Lipinski definition) is 4. The van der Waals surface area contributed by atoms with E-state index in [1.807, 2.05) is 56.4 Å². The Hall–Kier alpha value is -3.15. The number of nitrogens with zero attached hydrogens (tertiary/aromatic N) is 2. The molecule has 146 valence electrons. The van der Waals surface area contributed by atoms with Crippen molar-refractivity contribution in [1.82, 2.24) is 9.38 Å². The summed E-state index contributed by atoms with van der Waals surface area (Å²) in [5.41, 5.74) is 3.88. The number of carboxylic acid groups (broad SMARTS) is 1. The first-order chi connectivity index (χ1) is 13.5. The van der Waals surface area contributed by atoms with Gasteiger partial charge in [-0.15, -0.1) is 0 Å². The molecule has 0 aliphatic heterocycles. The molecule has 0 aliphatic carbocycles. The number of carbonyl (C=O) groups excluding carboxylic acids is 1. The maximum absolute atomic E-state index is 13.0. The highest BCUT2D eigenvalue weighted by atomic mass is 16.5. The van der Waals surface area contributed by atoms with Crippen molar-refractivity contribution in [3.05, 3.63) is 65.1 Å². The zero-order valence-electron chi connectivity index (χ0n) is 16.1. The summed E-state index contributed by atoms with van der Waals surface area (Å²) in [4.78, 5) is 28.4. The van der Waals surface area contributed by atoms with E-state index in [4.69, 9.17) is 9.84 Å². The number of pyridine rings is 1. The van der Waals surface area contributed by atoms with Crippen LogP contribution in [0.3, 0.4) is 0 Å². The van der Waals surface area contributed by atoms with Gasteiger partial charge in [-0.05, 0) is 49.9 Å². The van der Waals surface area contributed by atoms with E-state index in [9.17, 15) is 9.59 Å². The van der Waals surface area contributed by atoms with Crippen molar-refractivity contribution in [2.75, 3.05) is 6.61 Å². The molecular weight excluding hydrogens is 356 g/mol. The van der Waals surface area contributed by atoms with E-state index >= 15 is 0 Å². The summed E-state index contributed by atoms with van der Waals surface area (Å²) < 4.78 is 7.41. The molecule has 0 spiro atoms. The number of rotatable bonds is 9. The average Bonchev–Trinajstić information content (AvgIpc) is 3.02. The van der Waals surface area contributed by atoms with Crippen molar-refractivity contribution in [2.24, 2.45) is 0 Å². The number of imidazole rings is 1. The summed E-state index contributed by atoms with van der Waals surface area (Å²) in [5, 5.41) is 8.93. The van der Waals surface area contributed by atoms with Crippen molar-refractivity contribution in [2.45, 2.75) is 39.5 Å². The first-order valence-electron chi connectivity index (χ1n) is 9.43. The van der Waals surface area contributed by atoms with Crippen LogP contribution >= 0.6 is 0 Å². The quantitative estimate of drug-likeness (QED) is 0.570. The van der Waals surface area contributed by atoms with E-state index in [1.165, 1.54) is 0 Å². The highest BCUT2D eigenvalue weighted by molar-refractivity contribution is 5.96. The Morgan fingerprint density at radius 1 is 1.07 bits per heavy atom. The van der Waals surface area contributed by atoms with Crippen LogP contribution in [-0.4, -0.2) is 32.9 Å². The van der Waals surface area contributed by atoms with Crippen LogP contribution in [-0.2, 0) is 17.6 Å². The Labute approximate surface area is 163 Å². The van der Waals surface area contributed by atoms with E-state index < -0.39 is 5.97 Å². The Kier molecular flexibility index (Phi) is 6.09. The van der Waals surface area contributed by atoms with Crippen LogP contribution in [0.2, 0.25) is 0 Å². The molecule has 1 N–H and O–H groups in total. The Balaban J connectivity index is 1.80. The highest BCUT2D eigenvalue weighted by Crippen LogP contribution is 2.23. The standard InChI is InChI=1S/C22H24N2O4/c1-3-28-19-9-6-14-24-21(15(2)23-22(19)24)18(25)12-10-16-7-4-5-8-17(16)11-13-20(26)27/h4-9,14H,3,10-13H2,1-2H3,(H,26,27). The smallest absolute Gasteiger partial charge is 0.303 e. The fourth-order valence-electron chi connectivity index (χ4n) is 3.41. The van der Waals surface area contributed by atoms with Gasteiger partial charge in [-0.25, -0.2) is 4.98 Å². The number of Topliss-reactive ketones (excluding diaryl/α,β-unsaturated/α-hetero) is 1. The lowest BCUT2D eigenvalue weighted by atomic mass is 9.97. The molecule has 0 fully saturated rings. The SMILES string of the molecule is CCOc1cccn2c(C(=O)CCc3ccccc3CCC(=O)O)c(C)nc12. The number of ketones is 1. The predicted molar refractivity (Wildman–Crippen MR) is 106 cm³/mol. The van der Waals surface area contributed by atoms with Crippen LogP contribution in [0.4, 0.5) is 0 Å². The van der Waals surface area contributed by atoms with Gasteiger partial charge in [-0.1, -0.05) is 24.3 Å². The molecular formula is C22H24N2O4. The number of aromatic nitrogens is 2. The molecule has 2 aromatic heterocycles. The summed E-state index contributed by atoms with van der Waals surface area (Å²) in [6, 6.07) is 11.4. The minimum Gasteiger partial charge on any atom is -0.490 e. The molecule has 6 heteroatoms. The number of carbonyl (C=O) groups is 2. The molecule has 28 heavy (non-hydrogen) atoms. The van der Waals surface area contributed by atoms with Crippen LogP contribution in [0.5, 0.6) is 5.75 Å². The molecule has 0 saturated carbocycles. The summed E-state index contributed by atoms with van der Waals surface area (Å²) in [6.07, 6.45) is 3.26. The van der Waals surface area contributed by atoms with Gasteiger partial charge in [-0.2, -0.15) is 0 Å². The van der Waals surface area contributed by atoms with Crippen LogP contribution in [0.1, 0.15) is 47.1 Å². The molecule has 0 atom stereocenters. The topological polar surface area (TPSA) is 80.9 Å². The van der Waals surface area contributed by atoms with Gasteiger partial charge in [0, 0.05) is 19.0 Å². The summed E-state index contributed by atoms with van der Waals surface area (Å²) >= 11 is 0. The molecule has 0 bridgehead atoms. The number of fused-ring (bicyclic) bond motifs is 1. The Bertz CT molecular complexity index is 1010. The lowest BCUT2D eigenvalue weighted by molar-refractivity contribution is -0.136. The molecule has 0 radical (unpaired) electrons. The van der Waals surface area contributed by atoms with Crippen LogP contribution in [0, 0.1) is 6.92 Å². The molecule has 3 aromatic rings.